The molecule has 1 N–H and O–H groups in total. The largest absolute Gasteiger partial charge is 0.367 e. The molecule has 9 heteroatoms. The number of hydrogen-bond donors (Lipinski definition) is 1. The quantitative estimate of drug-likeness (QED) is 0.672. The zero-order valence-corrected chi connectivity index (χ0v) is 11.9. The molecule has 1 heterocycles. The second kappa shape index (κ2) is 8.28. The van der Waals surface area contributed by atoms with Crippen molar-refractivity contribution in [1.82, 2.24) is 15.5 Å². The maximum Gasteiger partial charge on any atom is 0.330 e. The van der Waals surface area contributed by atoms with Gasteiger partial charge in [-0.05, 0) is 19.9 Å². The van der Waals surface area contributed by atoms with Crippen molar-refractivity contribution in [2.45, 2.75) is 51.7 Å². The van der Waals surface area contributed by atoms with E-state index < -0.39 is 25.6 Å². The summed E-state index contributed by atoms with van der Waals surface area (Å²) in [5.74, 6) is -3.75. The van der Waals surface area contributed by atoms with Gasteiger partial charge in [-0.1, -0.05) is 12.1 Å². The maximum absolute atomic E-state index is 12.6. The predicted octanol–water partition coefficient (Wildman–Crippen LogP) is 2.42. The van der Waals surface area contributed by atoms with E-state index in [-0.39, 0.29) is 11.9 Å². The van der Waals surface area contributed by atoms with Gasteiger partial charge in [0.05, 0.1) is 0 Å². The molecule has 5 nitrogen and oxygen atoms in total. The molecule has 0 saturated heterocycles. The van der Waals surface area contributed by atoms with Crippen LogP contribution < -0.4 is 5.32 Å². The lowest BCUT2D eigenvalue weighted by molar-refractivity contribution is -0.168. The molecule has 21 heavy (non-hydrogen) atoms. The predicted molar refractivity (Wildman–Crippen MR) is 66.4 cm³/mol. The Balaban J connectivity index is 2.32. The summed E-state index contributed by atoms with van der Waals surface area (Å²) in [6.45, 7) is 3.08. The highest BCUT2D eigenvalue weighted by Crippen LogP contribution is 2.23. The first kappa shape index (κ1) is 17.8. The number of aryl methyl sites for hydroxylation is 1. The highest BCUT2D eigenvalue weighted by atomic mass is 19.3. The fourth-order valence-electron chi connectivity index (χ4n) is 1.58. The highest BCUT2D eigenvalue weighted by Gasteiger charge is 2.41. The first-order valence-corrected chi connectivity index (χ1v) is 6.63. The fourth-order valence-corrected chi connectivity index (χ4v) is 1.58. The molecule has 1 atom stereocenters. The van der Waals surface area contributed by atoms with Crippen LogP contribution in [0, 0.1) is 0 Å². The zero-order chi connectivity index (χ0) is 15.9. The van der Waals surface area contributed by atoms with Crippen molar-refractivity contribution in [1.29, 1.82) is 0 Å². The van der Waals surface area contributed by atoms with Crippen LogP contribution in [0.15, 0.2) is 4.52 Å². The summed E-state index contributed by atoms with van der Waals surface area (Å²) < 4.78 is 58.4. The summed E-state index contributed by atoms with van der Waals surface area (Å²) >= 11 is 0. The van der Waals surface area contributed by atoms with E-state index in [1.54, 1.807) is 0 Å². The minimum absolute atomic E-state index is 0.0613. The smallest absolute Gasteiger partial charge is 0.330 e. The molecule has 122 valence electrons. The van der Waals surface area contributed by atoms with Crippen molar-refractivity contribution < 1.29 is 26.8 Å². The van der Waals surface area contributed by atoms with Crippen molar-refractivity contribution in [3.05, 3.63) is 11.7 Å². The van der Waals surface area contributed by atoms with Gasteiger partial charge >= 0.3 is 12.3 Å². The topological polar surface area (TPSA) is 60.2 Å². The molecule has 0 aliphatic rings. The van der Waals surface area contributed by atoms with Crippen LogP contribution in [0.2, 0.25) is 0 Å². The summed E-state index contributed by atoms with van der Waals surface area (Å²) in [7, 11) is 0. The molecule has 0 amide bonds. The molecule has 1 rings (SSSR count). The van der Waals surface area contributed by atoms with Crippen molar-refractivity contribution in [3.8, 4) is 0 Å². The second-order valence-corrected chi connectivity index (χ2v) is 4.66. The lowest BCUT2D eigenvalue weighted by Gasteiger charge is -2.14. The van der Waals surface area contributed by atoms with Gasteiger partial charge in [-0.15, -0.1) is 0 Å². The van der Waals surface area contributed by atoms with Gasteiger partial charge in [-0.2, -0.15) is 13.8 Å². The number of ether oxygens (including phenoxy) is 1. The third-order valence-electron chi connectivity index (χ3n) is 2.70. The number of nitrogens with zero attached hydrogens (tertiary/aromatic N) is 2. The van der Waals surface area contributed by atoms with Crippen LogP contribution in [0.5, 0.6) is 0 Å². The normalized spacial score (nSPS) is 13.9. The minimum atomic E-state index is -4.17. The average Bonchev–Trinajstić information content (AvgIpc) is 2.84. The molecule has 0 fully saturated rings. The van der Waals surface area contributed by atoms with Gasteiger partial charge in [-0.25, -0.2) is 8.78 Å². The van der Waals surface area contributed by atoms with E-state index in [1.165, 1.54) is 0 Å². The van der Waals surface area contributed by atoms with Crippen LogP contribution in [0.4, 0.5) is 17.6 Å². The number of alkyl halides is 4. The maximum atomic E-state index is 12.6. The zero-order valence-electron chi connectivity index (χ0n) is 11.9. The van der Waals surface area contributed by atoms with Gasteiger partial charge in [-0.3, -0.25) is 0 Å². The Morgan fingerprint density at radius 2 is 2.10 bits per heavy atom. The minimum Gasteiger partial charge on any atom is -0.367 e. The van der Waals surface area contributed by atoms with Gasteiger partial charge in [0.15, 0.2) is 5.82 Å². The first-order valence-electron chi connectivity index (χ1n) is 6.63. The number of aromatic nitrogens is 2. The summed E-state index contributed by atoms with van der Waals surface area (Å²) in [4.78, 5) is 3.94. The fraction of sp³-hybridized carbons (Fsp3) is 0.833. The van der Waals surface area contributed by atoms with Crippen LogP contribution in [0.25, 0.3) is 0 Å². The molecule has 1 unspecified atom stereocenters. The molecule has 1 aromatic heterocycles. The van der Waals surface area contributed by atoms with Crippen molar-refractivity contribution in [2.24, 2.45) is 0 Å². The molecular weight excluding hydrogens is 294 g/mol. The third kappa shape index (κ3) is 6.38. The van der Waals surface area contributed by atoms with E-state index in [0.29, 0.717) is 12.3 Å². The standard InChI is InChI=1S/C12H19F4N3O2/c1-3-17-8(2)4-5-10-18-9(19-21-10)6-20-7-12(15,16)11(13)14/h8,11,17H,3-7H2,1-2H3. The van der Waals surface area contributed by atoms with Crippen molar-refractivity contribution in [2.75, 3.05) is 13.2 Å². The van der Waals surface area contributed by atoms with Gasteiger partial charge in [0.2, 0.25) is 5.89 Å². The summed E-state index contributed by atoms with van der Waals surface area (Å²) in [6.07, 6.45) is -2.44. The Bertz CT molecular complexity index is 415. The lowest BCUT2D eigenvalue weighted by Crippen LogP contribution is -2.32. The average molecular weight is 313 g/mol. The number of nitrogens with one attached hydrogen (secondary N) is 1. The van der Waals surface area contributed by atoms with E-state index >= 15 is 0 Å². The first-order chi connectivity index (χ1) is 9.85. The van der Waals surface area contributed by atoms with E-state index in [1.807, 2.05) is 13.8 Å². The van der Waals surface area contributed by atoms with Crippen LogP contribution in [-0.4, -0.2) is 41.7 Å². The molecule has 0 radical (unpaired) electrons. The molecule has 0 bridgehead atoms. The Hall–Kier alpha value is -1.22. The molecule has 1 aromatic rings. The van der Waals surface area contributed by atoms with Gasteiger partial charge in [0.1, 0.15) is 13.2 Å². The van der Waals surface area contributed by atoms with Crippen LogP contribution in [0.3, 0.4) is 0 Å². The summed E-state index contributed by atoms with van der Waals surface area (Å²) in [5.41, 5.74) is 0. The van der Waals surface area contributed by atoms with E-state index in [2.05, 4.69) is 20.2 Å². The highest BCUT2D eigenvalue weighted by molar-refractivity contribution is 4.85. The SMILES string of the molecule is CCNC(C)CCc1nc(COCC(F)(F)C(F)F)no1. The van der Waals surface area contributed by atoms with Crippen LogP contribution in [-0.2, 0) is 17.8 Å². The Morgan fingerprint density at radius 3 is 2.71 bits per heavy atom. The lowest BCUT2D eigenvalue weighted by atomic mass is 10.2. The Labute approximate surface area is 120 Å². The Kier molecular flexibility index (Phi) is 7.03. The number of rotatable bonds is 10. The molecule has 0 aliphatic heterocycles. The Morgan fingerprint density at radius 1 is 1.38 bits per heavy atom. The van der Waals surface area contributed by atoms with E-state index in [9.17, 15) is 17.6 Å². The molecule has 0 aliphatic carbocycles. The molecular formula is C12H19F4N3O2. The molecule has 0 aromatic carbocycles. The number of halogens is 4. The van der Waals surface area contributed by atoms with Gasteiger partial charge in [0.25, 0.3) is 0 Å². The van der Waals surface area contributed by atoms with Gasteiger partial charge in [0, 0.05) is 12.5 Å². The second-order valence-electron chi connectivity index (χ2n) is 4.66. The third-order valence-corrected chi connectivity index (χ3v) is 2.70. The summed E-state index contributed by atoms with van der Waals surface area (Å²) in [6, 6.07) is 0.284. The summed E-state index contributed by atoms with van der Waals surface area (Å²) in [5, 5.41) is 6.76. The van der Waals surface area contributed by atoms with Gasteiger partial charge < -0.3 is 14.6 Å². The monoisotopic (exact) mass is 313 g/mol. The molecule has 0 spiro atoms. The number of hydrogen-bond acceptors (Lipinski definition) is 5. The van der Waals surface area contributed by atoms with Crippen LogP contribution >= 0.6 is 0 Å². The molecule has 0 saturated carbocycles. The van der Waals surface area contributed by atoms with Crippen LogP contribution in [0.1, 0.15) is 32.0 Å². The van der Waals surface area contributed by atoms with E-state index in [4.69, 9.17) is 4.52 Å². The van der Waals surface area contributed by atoms with E-state index in [0.717, 1.165) is 13.0 Å². The van der Waals surface area contributed by atoms with Crippen molar-refractivity contribution in [3.63, 3.8) is 0 Å². The van der Waals surface area contributed by atoms with Crippen molar-refractivity contribution >= 4 is 0 Å².